The zero-order valence-electron chi connectivity index (χ0n) is 19.5. The van der Waals surface area contributed by atoms with Crippen molar-refractivity contribution in [1.82, 2.24) is 10.2 Å². The lowest BCUT2D eigenvalue weighted by Crippen LogP contribution is -2.52. The first-order chi connectivity index (χ1) is 15.6. The summed E-state index contributed by atoms with van der Waals surface area (Å²) < 4.78 is 39.4. The summed E-state index contributed by atoms with van der Waals surface area (Å²) in [4.78, 5) is 27.6. The summed E-state index contributed by atoms with van der Waals surface area (Å²) in [5.41, 5.74) is 1.95. The second kappa shape index (κ2) is 11.8. The van der Waals surface area contributed by atoms with Gasteiger partial charge in [0.05, 0.1) is 11.9 Å². The normalized spacial score (nSPS) is 12.2. The van der Waals surface area contributed by atoms with Crippen LogP contribution in [-0.2, 0) is 26.2 Å². The van der Waals surface area contributed by atoms with Gasteiger partial charge < -0.3 is 10.2 Å². The molecule has 1 N–H and O–H groups in total. The molecule has 0 aromatic heterocycles. The van der Waals surface area contributed by atoms with Crippen LogP contribution in [0.5, 0.6) is 0 Å². The quantitative estimate of drug-likeness (QED) is 0.538. The Morgan fingerprint density at radius 1 is 1.03 bits per heavy atom. The van der Waals surface area contributed by atoms with Crippen molar-refractivity contribution in [3.8, 4) is 0 Å². The lowest BCUT2D eigenvalue weighted by atomic mass is 10.1. The zero-order chi connectivity index (χ0) is 24.6. The maximum Gasteiger partial charge on any atom is 0.244 e. The molecule has 2 amide bonds. The van der Waals surface area contributed by atoms with Crippen molar-refractivity contribution in [3.05, 3.63) is 65.5 Å². The maximum absolute atomic E-state index is 13.5. The van der Waals surface area contributed by atoms with E-state index in [1.807, 2.05) is 13.8 Å². The highest BCUT2D eigenvalue weighted by atomic mass is 32.2. The lowest BCUT2D eigenvalue weighted by Gasteiger charge is -2.33. The summed E-state index contributed by atoms with van der Waals surface area (Å²) >= 11 is 0. The van der Waals surface area contributed by atoms with Crippen LogP contribution < -0.4 is 9.62 Å². The molecular weight excluding hydrogens is 445 g/mol. The topological polar surface area (TPSA) is 86.8 Å². The Bertz CT molecular complexity index is 1040. The van der Waals surface area contributed by atoms with Crippen LogP contribution in [0.2, 0.25) is 0 Å². The number of hydrogen-bond acceptors (Lipinski definition) is 4. The molecule has 9 heteroatoms. The van der Waals surface area contributed by atoms with Gasteiger partial charge in [-0.2, -0.15) is 0 Å². The number of rotatable bonds is 11. The van der Waals surface area contributed by atoms with Crippen LogP contribution in [-0.4, -0.2) is 50.5 Å². The molecule has 180 valence electrons. The summed E-state index contributed by atoms with van der Waals surface area (Å²) in [5.74, 6) is -1.24. The van der Waals surface area contributed by atoms with Crippen LogP contribution in [0.15, 0.2) is 48.5 Å². The fourth-order valence-corrected chi connectivity index (χ4v) is 4.25. The zero-order valence-corrected chi connectivity index (χ0v) is 20.4. The Kier molecular flexibility index (Phi) is 9.40. The van der Waals surface area contributed by atoms with Gasteiger partial charge in [0.1, 0.15) is 18.4 Å². The Labute approximate surface area is 195 Å². The SMILES string of the molecule is CCCNC(=O)C(CC)N(Cc1ccc(F)cc1)C(=O)CN(c1ccc(C)cc1)S(C)(=O)=O. The molecule has 1 atom stereocenters. The van der Waals surface area contributed by atoms with Crippen molar-refractivity contribution in [2.75, 3.05) is 23.7 Å². The number of sulfonamides is 1. The van der Waals surface area contributed by atoms with E-state index in [1.165, 1.54) is 17.0 Å². The number of nitrogens with zero attached hydrogens (tertiary/aromatic N) is 2. The average Bonchev–Trinajstić information content (AvgIpc) is 2.77. The van der Waals surface area contributed by atoms with E-state index >= 15 is 0 Å². The van der Waals surface area contributed by atoms with Crippen molar-refractivity contribution in [3.63, 3.8) is 0 Å². The summed E-state index contributed by atoms with van der Waals surface area (Å²) in [7, 11) is -3.77. The number of nitrogens with one attached hydrogen (secondary N) is 1. The largest absolute Gasteiger partial charge is 0.354 e. The number of carbonyl (C=O) groups excluding carboxylic acids is 2. The predicted octanol–water partition coefficient (Wildman–Crippen LogP) is 3.23. The Balaban J connectivity index is 2.39. The monoisotopic (exact) mass is 477 g/mol. The van der Waals surface area contributed by atoms with Gasteiger partial charge in [-0.15, -0.1) is 0 Å². The van der Waals surface area contributed by atoms with E-state index in [0.717, 1.165) is 22.5 Å². The van der Waals surface area contributed by atoms with Crippen molar-refractivity contribution in [2.45, 2.75) is 46.2 Å². The Morgan fingerprint density at radius 3 is 2.15 bits per heavy atom. The molecule has 0 radical (unpaired) electrons. The molecule has 0 fully saturated rings. The van der Waals surface area contributed by atoms with Gasteiger partial charge in [0, 0.05) is 13.1 Å². The summed E-state index contributed by atoms with van der Waals surface area (Å²) in [6.07, 6.45) is 2.12. The molecule has 0 aliphatic heterocycles. The fourth-order valence-electron chi connectivity index (χ4n) is 3.40. The first-order valence-electron chi connectivity index (χ1n) is 10.9. The highest BCUT2D eigenvalue weighted by Crippen LogP contribution is 2.20. The Hall–Kier alpha value is -2.94. The summed E-state index contributed by atoms with van der Waals surface area (Å²) in [5, 5.41) is 2.81. The maximum atomic E-state index is 13.5. The van der Waals surface area contributed by atoms with Gasteiger partial charge in [-0.1, -0.05) is 43.7 Å². The van der Waals surface area contributed by atoms with E-state index in [9.17, 15) is 22.4 Å². The highest BCUT2D eigenvalue weighted by molar-refractivity contribution is 7.92. The standard InChI is InChI=1S/C24H32FN3O4S/c1-5-15-26-24(30)22(6-2)27(16-19-9-11-20(25)12-10-19)23(29)17-28(33(4,31)32)21-13-7-18(3)8-14-21/h7-14,22H,5-6,15-17H2,1-4H3,(H,26,30). The third-order valence-electron chi connectivity index (χ3n) is 5.20. The first kappa shape index (κ1) is 26.3. The van der Waals surface area contributed by atoms with Crippen molar-refractivity contribution in [1.29, 1.82) is 0 Å². The van der Waals surface area contributed by atoms with Crippen LogP contribution in [0.25, 0.3) is 0 Å². The van der Waals surface area contributed by atoms with Crippen LogP contribution in [0.3, 0.4) is 0 Å². The molecule has 7 nitrogen and oxygen atoms in total. The second-order valence-electron chi connectivity index (χ2n) is 7.97. The van der Waals surface area contributed by atoms with Crippen LogP contribution in [0.4, 0.5) is 10.1 Å². The van der Waals surface area contributed by atoms with Gasteiger partial charge in [-0.3, -0.25) is 13.9 Å². The number of carbonyl (C=O) groups is 2. The lowest BCUT2D eigenvalue weighted by molar-refractivity contribution is -0.140. The van der Waals surface area contributed by atoms with Crippen LogP contribution in [0.1, 0.15) is 37.8 Å². The smallest absolute Gasteiger partial charge is 0.244 e. The van der Waals surface area contributed by atoms with Crippen molar-refractivity contribution < 1.29 is 22.4 Å². The fraction of sp³-hybridized carbons (Fsp3) is 0.417. The minimum absolute atomic E-state index is 0.0443. The molecule has 0 aliphatic rings. The molecule has 0 saturated carbocycles. The number of amides is 2. The first-order valence-corrected chi connectivity index (χ1v) is 12.8. The van der Waals surface area contributed by atoms with E-state index < -0.39 is 34.3 Å². The highest BCUT2D eigenvalue weighted by Gasteiger charge is 2.31. The minimum Gasteiger partial charge on any atom is -0.354 e. The second-order valence-corrected chi connectivity index (χ2v) is 9.88. The van der Waals surface area contributed by atoms with Gasteiger partial charge in [0.2, 0.25) is 21.8 Å². The number of halogens is 1. The van der Waals surface area contributed by atoms with Gasteiger partial charge in [-0.25, -0.2) is 12.8 Å². The van der Waals surface area contributed by atoms with Crippen molar-refractivity contribution in [2.24, 2.45) is 0 Å². The molecule has 2 aromatic rings. The molecule has 1 unspecified atom stereocenters. The van der Waals surface area contributed by atoms with Gasteiger partial charge in [0.15, 0.2) is 0 Å². The summed E-state index contributed by atoms with van der Waals surface area (Å²) in [6, 6.07) is 11.7. The van der Waals surface area contributed by atoms with E-state index in [1.54, 1.807) is 43.3 Å². The van der Waals surface area contributed by atoms with E-state index in [2.05, 4.69) is 5.32 Å². The molecule has 0 aliphatic carbocycles. The van der Waals surface area contributed by atoms with E-state index in [0.29, 0.717) is 24.2 Å². The van der Waals surface area contributed by atoms with E-state index in [4.69, 9.17) is 0 Å². The third-order valence-corrected chi connectivity index (χ3v) is 6.34. The van der Waals surface area contributed by atoms with Crippen LogP contribution >= 0.6 is 0 Å². The van der Waals surface area contributed by atoms with Crippen molar-refractivity contribution >= 4 is 27.5 Å². The number of hydrogen-bond donors (Lipinski definition) is 1. The Morgan fingerprint density at radius 2 is 1.64 bits per heavy atom. The molecule has 0 spiro atoms. The predicted molar refractivity (Wildman–Crippen MR) is 128 cm³/mol. The molecule has 33 heavy (non-hydrogen) atoms. The molecule has 2 aromatic carbocycles. The molecule has 0 saturated heterocycles. The van der Waals surface area contributed by atoms with E-state index in [-0.39, 0.29) is 12.5 Å². The molecular formula is C24H32FN3O4S. The summed E-state index contributed by atoms with van der Waals surface area (Å²) in [6.45, 7) is 5.64. The molecule has 0 heterocycles. The number of anilines is 1. The molecule has 2 rings (SSSR count). The van der Waals surface area contributed by atoms with Crippen LogP contribution in [0, 0.1) is 12.7 Å². The van der Waals surface area contributed by atoms with Gasteiger partial charge >= 0.3 is 0 Å². The van der Waals surface area contributed by atoms with Gasteiger partial charge in [-0.05, 0) is 49.6 Å². The van der Waals surface area contributed by atoms with Gasteiger partial charge in [0.25, 0.3) is 0 Å². The third kappa shape index (κ3) is 7.56. The molecule has 0 bridgehead atoms. The average molecular weight is 478 g/mol. The minimum atomic E-state index is -3.77. The number of benzene rings is 2. The number of aryl methyl sites for hydroxylation is 1.